The van der Waals surface area contributed by atoms with E-state index in [1.807, 2.05) is 0 Å². The topological polar surface area (TPSA) is 139 Å². The van der Waals surface area contributed by atoms with E-state index >= 15 is 0 Å². The summed E-state index contributed by atoms with van der Waals surface area (Å²) in [6, 6.07) is 0. The molecule has 0 unspecified atom stereocenters. The van der Waals surface area contributed by atoms with Crippen molar-refractivity contribution in [3.63, 3.8) is 0 Å². The van der Waals surface area contributed by atoms with Crippen molar-refractivity contribution in [3.8, 4) is 0 Å². The second-order valence-electron chi connectivity index (χ2n) is 4.05. The Balaban J connectivity index is -0.000000240. The van der Waals surface area contributed by atoms with E-state index < -0.39 is 0 Å². The second kappa shape index (κ2) is 14.6. The Morgan fingerprint density at radius 2 is 0.750 bits per heavy atom. The zero-order valence-electron chi connectivity index (χ0n) is 12.4. The van der Waals surface area contributed by atoms with Crippen molar-refractivity contribution in [3.05, 3.63) is 61.5 Å². The summed E-state index contributed by atoms with van der Waals surface area (Å²) in [5.41, 5.74) is 27.0. The van der Waals surface area contributed by atoms with Crippen LogP contribution < -0.4 is 5.32 Å². The molecule has 8 heteroatoms. The zero-order valence-corrected chi connectivity index (χ0v) is 14.1. The average molecular weight is 365 g/mol. The van der Waals surface area contributed by atoms with Gasteiger partial charge in [0.25, 0.3) is 0 Å². The third kappa shape index (κ3) is 11.1. The molecule has 2 fully saturated rings. The van der Waals surface area contributed by atoms with Crippen LogP contribution in [0, 0.1) is 29.6 Å². The van der Waals surface area contributed by atoms with Gasteiger partial charge in [0.2, 0.25) is 0 Å². The molecule has 5 radical (unpaired) electrons. The molecule has 0 amide bonds. The molecular formula is C12H20N7Rh+. The molecule has 2 rings (SSSR count). The summed E-state index contributed by atoms with van der Waals surface area (Å²) in [6.07, 6.45) is 0. The quantitative estimate of drug-likeness (QED) is 0.221. The van der Waals surface area contributed by atoms with Crippen molar-refractivity contribution in [2.24, 2.45) is 0 Å². The molecular weight excluding hydrogens is 345 g/mol. The fourth-order valence-electron chi connectivity index (χ4n) is 1.41. The monoisotopic (exact) mass is 365 g/mol. The zero-order chi connectivity index (χ0) is 15.4. The first-order valence-electron chi connectivity index (χ1n) is 5.76. The van der Waals surface area contributed by atoms with Crippen LogP contribution in [-0.2, 0) is 19.5 Å². The molecule has 111 valence electrons. The number of hydrogen-bond acceptors (Lipinski definition) is 1. The first kappa shape index (κ1) is 24.2. The summed E-state index contributed by atoms with van der Waals surface area (Å²) in [5, 5.41) is 3.00. The van der Waals surface area contributed by atoms with Crippen molar-refractivity contribution in [1.82, 2.24) is 5.32 Å². The Hall–Kier alpha value is -0.797. The van der Waals surface area contributed by atoms with Crippen molar-refractivity contribution < 1.29 is 19.5 Å². The van der Waals surface area contributed by atoms with Gasteiger partial charge in [0.1, 0.15) is 0 Å². The maximum Gasteiger partial charge on any atom is 3.00 e. The van der Waals surface area contributed by atoms with Gasteiger partial charge in [-0.2, -0.15) is 0 Å². The van der Waals surface area contributed by atoms with Gasteiger partial charge in [-0.05, 0) is 29.6 Å². The number of rotatable bonds is 0. The standard InChI is InChI=1S/C10H15.C2H5N.2N3.Rh/c1-6-7(2)9(4)10(5)8(6)3;1-2-3-1;2*1-3-2;/h1-5H3;3H,1-2H2;;;/q;;2*-1;+3. The minimum Gasteiger partial charge on any atom is -0.373 e. The third-order valence-corrected chi connectivity index (χ3v) is 3.06. The number of nitrogens with one attached hydrogen (secondary N) is 1. The van der Waals surface area contributed by atoms with E-state index in [-0.39, 0.29) is 19.5 Å². The number of hydrogen-bond donors (Lipinski definition) is 1. The normalized spacial score (nSPS) is 18.6. The molecule has 2 aliphatic rings. The van der Waals surface area contributed by atoms with Gasteiger partial charge >= 0.3 is 19.5 Å². The number of nitrogens with zero attached hydrogens (tertiary/aromatic N) is 6. The SMILES string of the molecule is C1CN1.C[C]1[C](C)[C](C)[C](C)[C]1C.[N-]=[N+]=[N-].[N-]=[N+]=[N-].[Rh+3]. The summed E-state index contributed by atoms with van der Waals surface area (Å²) >= 11 is 0. The predicted molar refractivity (Wildman–Crippen MR) is 77.6 cm³/mol. The molecule has 0 atom stereocenters. The van der Waals surface area contributed by atoms with Gasteiger partial charge in [-0.3, -0.25) is 9.82 Å². The van der Waals surface area contributed by atoms with Gasteiger partial charge in [-0.15, -0.1) is 0 Å². The molecule has 1 aliphatic carbocycles. The van der Waals surface area contributed by atoms with Crippen LogP contribution in [0.2, 0.25) is 0 Å². The first-order chi connectivity index (χ1) is 8.88. The molecule has 0 aromatic carbocycles. The van der Waals surface area contributed by atoms with Crippen LogP contribution >= 0.6 is 0 Å². The minimum atomic E-state index is 0. The Bertz CT molecular complexity index is 237. The smallest absolute Gasteiger partial charge is 0.373 e. The average Bonchev–Trinajstić information content (AvgIpc) is 3.22. The summed E-state index contributed by atoms with van der Waals surface area (Å²) in [6.45, 7) is 13.5. The molecule has 0 aromatic heterocycles. The van der Waals surface area contributed by atoms with Crippen LogP contribution in [0.3, 0.4) is 0 Å². The Kier molecular flexibility index (Phi) is 17.7. The molecule has 1 saturated heterocycles. The van der Waals surface area contributed by atoms with E-state index in [0.717, 1.165) is 0 Å². The van der Waals surface area contributed by atoms with Crippen LogP contribution in [0.25, 0.3) is 31.9 Å². The molecule has 0 aromatic rings. The van der Waals surface area contributed by atoms with Crippen molar-refractivity contribution in [1.29, 1.82) is 0 Å². The van der Waals surface area contributed by atoms with Gasteiger partial charge in [0.15, 0.2) is 0 Å². The largest absolute Gasteiger partial charge is 3.00 e. The fraction of sp³-hybridized carbons (Fsp3) is 0.583. The van der Waals surface area contributed by atoms with E-state index in [1.165, 1.54) is 52.5 Å². The molecule has 1 aliphatic heterocycles. The maximum absolute atomic E-state index is 6.75. The Labute approximate surface area is 134 Å². The van der Waals surface area contributed by atoms with E-state index in [4.69, 9.17) is 22.1 Å². The summed E-state index contributed by atoms with van der Waals surface area (Å²) in [7, 11) is 0. The molecule has 20 heavy (non-hydrogen) atoms. The summed E-state index contributed by atoms with van der Waals surface area (Å²) in [4.78, 5) is 3.00. The van der Waals surface area contributed by atoms with Crippen molar-refractivity contribution in [2.75, 3.05) is 13.1 Å². The van der Waals surface area contributed by atoms with Crippen LogP contribution in [0.4, 0.5) is 0 Å². The van der Waals surface area contributed by atoms with Crippen LogP contribution in [0.15, 0.2) is 0 Å². The van der Waals surface area contributed by atoms with E-state index in [0.29, 0.717) is 0 Å². The molecule has 7 nitrogen and oxygen atoms in total. The van der Waals surface area contributed by atoms with Gasteiger partial charge < -0.3 is 27.4 Å². The van der Waals surface area contributed by atoms with Crippen LogP contribution in [0.5, 0.6) is 0 Å². The van der Waals surface area contributed by atoms with E-state index in [2.05, 4.69) is 39.9 Å². The van der Waals surface area contributed by atoms with Crippen LogP contribution in [-0.4, -0.2) is 13.1 Å². The van der Waals surface area contributed by atoms with E-state index in [1.54, 1.807) is 0 Å². The second-order valence-corrected chi connectivity index (χ2v) is 4.05. The summed E-state index contributed by atoms with van der Waals surface area (Å²) in [5.74, 6) is 7.34. The van der Waals surface area contributed by atoms with Gasteiger partial charge in [-0.25, -0.2) is 0 Å². The van der Waals surface area contributed by atoms with Crippen LogP contribution in [0.1, 0.15) is 34.6 Å². The Morgan fingerprint density at radius 1 is 0.650 bits per heavy atom. The third-order valence-electron chi connectivity index (χ3n) is 3.06. The van der Waals surface area contributed by atoms with Gasteiger partial charge in [0.05, 0.1) is 0 Å². The maximum atomic E-state index is 6.75. The molecule has 1 heterocycles. The Morgan fingerprint density at radius 3 is 0.800 bits per heavy atom. The van der Waals surface area contributed by atoms with Crippen molar-refractivity contribution >= 4 is 0 Å². The molecule has 0 spiro atoms. The summed E-state index contributed by atoms with van der Waals surface area (Å²) < 4.78 is 0. The first-order valence-corrected chi connectivity index (χ1v) is 5.76. The van der Waals surface area contributed by atoms with Gasteiger partial charge in [0, 0.05) is 13.1 Å². The fourth-order valence-corrected chi connectivity index (χ4v) is 1.41. The van der Waals surface area contributed by atoms with Crippen molar-refractivity contribution in [2.45, 2.75) is 34.6 Å². The van der Waals surface area contributed by atoms with E-state index in [9.17, 15) is 0 Å². The minimum absolute atomic E-state index is 0. The van der Waals surface area contributed by atoms with Gasteiger partial charge in [-0.1, -0.05) is 34.6 Å². The molecule has 1 N–H and O–H groups in total. The molecule has 0 bridgehead atoms. The predicted octanol–water partition coefficient (Wildman–Crippen LogP) is 4.29. The molecule has 1 saturated carbocycles.